The van der Waals surface area contributed by atoms with E-state index in [4.69, 9.17) is 9.47 Å². The molecular formula is C24H18BrFN2O4. The van der Waals surface area contributed by atoms with Crippen LogP contribution in [0.4, 0.5) is 10.1 Å². The van der Waals surface area contributed by atoms with Crippen molar-refractivity contribution in [2.75, 3.05) is 6.61 Å². The molecule has 0 bridgehead atoms. The van der Waals surface area contributed by atoms with Crippen LogP contribution in [0.5, 0.6) is 11.5 Å². The standard InChI is InChI=1S/C24H18BrFN2O4/c1-2-31-23-12-18(10-19(14-27)17-6-4-8-21(11-17)28(29)30)22(25)13-24(23)32-15-16-5-3-7-20(26)9-16/h3-13H,2,15H2,1H3. The normalized spacial score (nSPS) is 11.0. The Bertz CT molecular complexity index is 1220. The number of nitro benzene ring substituents is 1. The molecule has 3 aromatic rings. The maximum atomic E-state index is 13.4. The molecule has 0 saturated carbocycles. The summed E-state index contributed by atoms with van der Waals surface area (Å²) in [5.41, 5.74) is 1.89. The molecule has 0 amide bonds. The van der Waals surface area contributed by atoms with Crippen molar-refractivity contribution < 1.29 is 18.8 Å². The molecule has 6 nitrogen and oxygen atoms in total. The van der Waals surface area contributed by atoms with Crippen molar-refractivity contribution in [2.24, 2.45) is 0 Å². The molecule has 0 unspecified atom stereocenters. The van der Waals surface area contributed by atoms with Crippen LogP contribution in [-0.4, -0.2) is 11.5 Å². The molecule has 162 valence electrons. The third kappa shape index (κ3) is 5.71. The van der Waals surface area contributed by atoms with Crippen molar-refractivity contribution in [3.63, 3.8) is 0 Å². The number of halogens is 2. The van der Waals surface area contributed by atoms with Gasteiger partial charge in [-0.3, -0.25) is 10.1 Å². The molecule has 8 heteroatoms. The van der Waals surface area contributed by atoms with Gasteiger partial charge < -0.3 is 9.47 Å². The van der Waals surface area contributed by atoms with Gasteiger partial charge in [-0.15, -0.1) is 0 Å². The van der Waals surface area contributed by atoms with Crippen LogP contribution < -0.4 is 9.47 Å². The Kier molecular flexibility index (Phi) is 7.58. The molecule has 0 aromatic heterocycles. The zero-order valence-electron chi connectivity index (χ0n) is 17.0. The van der Waals surface area contributed by atoms with Gasteiger partial charge in [0.05, 0.1) is 23.2 Å². The number of ether oxygens (including phenoxy) is 2. The lowest BCUT2D eigenvalue weighted by atomic mass is 10.0. The van der Waals surface area contributed by atoms with Gasteiger partial charge in [-0.2, -0.15) is 5.26 Å². The van der Waals surface area contributed by atoms with E-state index in [2.05, 4.69) is 22.0 Å². The molecule has 0 aliphatic carbocycles. The summed E-state index contributed by atoms with van der Waals surface area (Å²) < 4.78 is 25.6. The molecule has 0 radical (unpaired) electrons. The van der Waals surface area contributed by atoms with E-state index in [-0.39, 0.29) is 23.7 Å². The number of nitro groups is 1. The quantitative estimate of drug-likeness (QED) is 0.153. The summed E-state index contributed by atoms with van der Waals surface area (Å²) in [6.45, 7) is 2.37. The van der Waals surface area contributed by atoms with Gasteiger partial charge in [-0.1, -0.05) is 40.2 Å². The molecule has 0 saturated heterocycles. The highest BCUT2D eigenvalue weighted by Crippen LogP contribution is 2.36. The molecule has 0 spiro atoms. The fourth-order valence-electron chi connectivity index (χ4n) is 2.95. The van der Waals surface area contributed by atoms with Gasteiger partial charge in [0.2, 0.25) is 0 Å². The number of hydrogen-bond acceptors (Lipinski definition) is 5. The van der Waals surface area contributed by atoms with E-state index in [1.54, 1.807) is 36.4 Å². The summed E-state index contributed by atoms with van der Waals surface area (Å²) >= 11 is 3.48. The first-order valence-electron chi connectivity index (χ1n) is 9.61. The number of benzene rings is 3. The van der Waals surface area contributed by atoms with Gasteiger partial charge in [-0.05, 0) is 54.0 Å². The van der Waals surface area contributed by atoms with E-state index in [1.807, 2.05) is 6.92 Å². The zero-order valence-corrected chi connectivity index (χ0v) is 18.6. The SMILES string of the molecule is CCOc1cc(C=C(C#N)c2cccc([N+](=O)[O-])c2)c(Br)cc1OCc1cccc(F)c1. The summed E-state index contributed by atoms with van der Waals surface area (Å²) in [6.07, 6.45) is 1.61. The Morgan fingerprint density at radius 3 is 2.59 bits per heavy atom. The molecule has 0 heterocycles. The lowest BCUT2D eigenvalue weighted by Gasteiger charge is -2.14. The van der Waals surface area contributed by atoms with E-state index in [1.165, 1.54) is 30.3 Å². The van der Waals surface area contributed by atoms with Crippen LogP contribution in [0.1, 0.15) is 23.6 Å². The van der Waals surface area contributed by atoms with E-state index in [0.717, 1.165) is 0 Å². The molecule has 32 heavy (non-hydrogen) atoms. The number of allylic oxidation sites excluding steroid dienone is 1. The third-order valence-corrected chi connectivity index (χ3v) is 5.12. The molecule has 0 fully saturated rings. The predicted molar refractivity (Wildman–Crippen MR) is 123 cm³/mol. The average molecular weight is 497 g/mol. The van der Waals surface area contributed by atoms with E-state index < -0.39 is 4.92 Å². The second-order valence-corrected chi connectivity index (χ2v) is 7.50. The Balaban J connectivity index is 1.94. The summed E-state index contributed by atoms with van der Waals surface area (Å²) in [4.78, 5) is 10.6. The van der Waals surface area contributed by atoms with Gasteiger partial charge in [0.1, 0.15) is 12.4 Å². The van der Waals surface area contributed by atoms with Crippen LogP contribution in [0.3, 0.4) is 0 Å². The topological polar surface area (TPSA) is 85.4 Å². The molecule has 3 aromatic carbocycles. The summed E-state index contributed by atoms with van der Waals surface area (Å²) in [7, 11) is 0. The van der Waals surface area contributed by atoms with Crippen LogP contribution in [0.15, 0.2) is 65.1 Å². The Morgan fingerprint density at radius 2 is 1.91 bits per heavy atom. The molecular weight excluding hydrogens is 479 g/mol. The number of rotatable bonds is 8. The van der Waals surface area contributed by atoms with Gasteiger partial charge in [0, 0.05) is 16.6 Å². The molecule has 3 rings (SSSR count). The monoisotopic (exact) mass is 496 g/mol. The first-order valence-corrected chi connectivity index (χ1v) is 10.4. The first kappa shape index (κ1) is 23.0. The summed E-state index contributed by atoms with van der Waals surface area (Å²) in [5, 5.41) is 20.7. The van der Waals surface area contributed by atoms with Crippen LogP contribution in [0.25, 0.3) is 11.6 Å². The second kappa shape index (κ2) is 10.6. The Morgan fingerprint density at radius 1 is 1.16 bits per heavy atom. The van der Waals surface area contributed by atoms with Gasteiger partial charge >= 0.3 is 0 Å². The zero-order chi connectivity index (χ0) is 23.1. The van der Waals surface area contributed by atoms with Gasteiger partial charge in [0.15, 0.2) is 11.5 Å². The third-order valence-electron chi connectivity index (χ3n) is 4.43. The Hall–Kier alpha value is -3.70. The lowest BCUT2D eigenvalue weighted by molar-refractivity contribution is -0.384. The number of nitriles is 1. The van der Waals surface area contributed by atoms with Gasteiger partial charge in [-0.25, -0.2) is 4.39 Å². The largest absolute Gasteiger partial charge is 0.490 e. The molecule has 0 aliphatic rings. The van der Waals surface area contributed by atoms with Crippen molar-refractivity contribution in [1.29, 1.82) is 5.26 Å². The minimum atomic E-state index is -0.508. The van der Waals surface area contributed by atoms with E-state index in [0.29, 0.717) is 39.3 Å². The van der Waals surface area contributed by atoms with Crippen molar-refractivity contribution in [3.05, 3.63) is 97.8 Å². The number of hydrogen-bond donors (Lipinski definition) is 0. The van der Waals surface area contributed by atoms with Crippen LogP contribution in [0, 0.1) is 27.3 Å². The summed E-state index contributed by atoms with van der Waals surface area (Å²) in [6, 6.07) is 17.5. The maximum Gasteiger partial charge on any atom is 0.270 e. The number of nitrogens with zero attached hydrogens (tertiary/aromatic N) is 2. The smallest absolute Gasteiger partial charge is 0.270 e. The van der Waals surface area contributed by atoms with Crippen LogP contribution >= 0.6 is 15.9 Å². The number of non-ortho nitro benzene ring substituents is 1. The second-order valence-electron chi connectivity index (χ2n) is 6.65. The van der Waals surface area contributed by atoms with E-state index >= 15 is 0 Å². The minimum absolute atomic E-state index is 0.0983. The molecule has 0 atom stereocenters. The van der Waals surface area contributed by atoms with E-state index in [9.17, 15) is 19.8 Å². The first-order chi connectivity index (χ1) is 15.4. The van der Waals surface area contributed by atoms with Crippen LogP contribution in [-0.2, 0) is 6.61 Å². The van der Waals surface area contributed by atoms with Crippen molar-refractivity contribution >= 4 is 33.3 Å². The minimum Gasteiger partial charge on any atom is -0.490 e. The van der Waals surface area contributed by atoms with Crippen molar-refractivity contribution in [1.82, 2.24) is 0 Å². The van der Waals surface area contributed by atoms with Crippen molar-refractivity contribution in [3.8, 4) is 17.6 Å². The highest BCUT2D eigenvalue weighted by atomic mass is 79.9. The maximum absolute atomic E-state index is 13.4. The van der Waals surface area contributed by atoms with Gasteiger partial charge in [0.25, 0.3) is 5.69 Å². The summed E-state index contributed by atoms with van der Waals surface area (Å²) in [5.74, 6) is 0.562. The lowest BCUT2D eigenvalue weighted by Crippen LogP contribution is -2.01. The predicted octanol–water partition coefficient (Wildman–Crippen LogP) is 6.54. The van der Waals surface area contributed by atoms with Crippen LogP contribution in [0.2, 0.25) is 0 Å². The molecule has 0 N–H and O–H groups in total. The highest BCUT2D eigenvalue weighted by molar-refractivity contribution is 9.10. The highest BCUT2D eigenvalue weighted by Gasteiger charge is 2.13. The Labute approximate surface area is 192 Å². The average Bonchev–Trinajstić information content (AvgIpc) is 2.78. The molecule has 0 aliphatic heterocycles. The van der Waals surface area contributed by atoms with Crippen molar-refractivity contribution in [2.45, 2.75) is 13.5 Å². The fraction of sp³-hybridized carbons (Fsp3) is 0.125. The fourth-order valence-corrected chi connectivity index (χ4v) is 3.39.